The Bertz CT molecular complexity index is 1120. The molecule has 3 heterocycles. The van der Waals surface area contributed by atoms with Crippen LogP contribution >= 0.6 is 11.6 Å². The molecule has 0 atom stereocenters. The van der Waals surface area contributed by atoms with E-state index in [1.165, 1.54) is 6.08 Å². The van der Waals surface area contributed by atoms with Gasteiger partial charge in [-0.25, -0.2) is 13.1 Å². The standard InChI is InChI=1S/C18H16ClN5O3S/c19-15-4-1-13(2-5-15)11-24-16(7-8-20-24)21-18(25)14-3-6-17-22-28(26,27)10-9-23(17)12-14/h1-8,12H,9-11H2,(H,21,25). The summed E-state index contributed by atoms with van der Waals surface area (Å²) in [4.78, 5) is 14.3. The second-order valence-electron chi connectivity index (χ2n) is 6.30. The molecule has 0 bridgehead atoms. The lowest BCUT2D eigenvalue weighted by Crippen LogP contribution is -2.37. The Morgan fingerprint density at radius 2 is 1.96 bits per heavy atom. The molecule has 2 aromatic rings. The van der Waals surface area contributed by atoms with Gasteiger partial charge in [0.05, 0.1) is 24.1 Å². The van der Waals surface area contributed by atoms with Crippen LogP contribution in [0.5, 0.6) is 0 Å². The predicted octanol–water partition coefficient (Wildman–Crippen LogP) is 2.02. The number of anilines is 1. The van der Waals surface area contributed by atoms with E-state index in [4.69, 9.17) is 11.6 Å². The smallest absolute Gasteiger partial charge is 0.258 e. The maximum atomic E-state index is 12.6. The summed E-state index contributed by atoms with van der Waals surface area (Å²) in [6.45, 7) is 0.742. The number of rotatable bonds is 4. The van der Waals surface area contributed by atoms with Gasteiger partial charge in [0.1, 0.15) is 11.7 Å². The Hall–Kier alpha value is -2.91. The van der Waals surface area contributed by atoms with Gasteiger partial charge in [-0.05, 0) is 29.8 Å². The van der Waals surface area contributed by atoms with Gasteiger partial charge in [0, 0.05) is 23.8 Å². The average Bonchev–Trinajstić information content (AvgIpc) is 3.09. The number of fused-ring (bicyclic) bond motifs is 1. The molecule has 0 saturated heterocycles. The topological polar surface area (TPSA) is 96.7 Å². The minimum absolute atomic E-state index is 0.0798. The average molecular weight is 418 g/mol. The van der Waals surface area contributed by atoms with Crippen molar-refractivity contribution in [2.24, 2.45) is 4.40 Å². The lowest BCUT2D eigenvalue weighted by Gasteiger charge is -2.26. The van der Waals surface area contributed by atoms with Crippen molar-refractivity contribution in [2.75, 3.05) is 17.6 Å². The quantitative estimate of drug-likeness (QED) is 0.820. The van der Waals surface area contributed by atoms with Crippen LogP contribution in [0.25, 0.3) is 0 Å². The number of benzene rings is 1. The Labute approximate surface area is 166 Å². The van der Waals surface area contributed by atoms with Gasteiger partial charge in [-0.2, -0.15) is 5.10 Å². The second kappa shape index (κ2) is 7.25. The normalized spacial score (nSPS) is 17.5. The summed E-state index contributed by atoms with van der Waals surface area (Å²) in [7, 11) is -3.42. The van der Waals surface area contributed by atoms with E-state index in [1.807, 2.05) is 12.1 Å². The summed E-state index contributed by atoms with van der Waals surface area (Å²) in [5, 5.41) is 7.74. The molecule has 144 valence electrons. The number of amidine groups is 1. The maximum absolute atomic E-state index is 12.6. The minimum Gasteiger partial charge on any atom is -0.330 e. The van der Waals surface area contributed by atoms with Gasteiger partial charge in [0.2, 0.25) is 0 Å². The highest BCUT2D eigenvalue weighted by Crippen LogP contribution is 2.18. The Morgan fingerprint density at radius 3 is 2.75 bits per heavy atom. The highest BCUT2D eigenvalue weighted by atomic mass is 35.5. The van der Waals surface area contributed by atoms with E-state index in [0.29, 0.717) is 28.8 Å². The maximum Gasteiger partial charge on any atom is 0.258 e. The number of nitrogens with one attached hydrogen (secondary N) is 1. The van der Waals surface area contributed by atoms with Crippen molar-refractivity contribution < 1.29 is 13.2 Å². The molecule has 0 saturated carbocycles. The number of halogens is 1. The molecule has 1 amide bonds. The van der Waals surface area contributed by atoms with Gasteiger partial charge in [-0.1, -0.05) is 23.7 Å². The summed E-state index contributed by atoms with van der Waals surface area (Å²) in [5.41, 5.74) is 1.40. The molecular weight excluding hydrogens is 402 g/mol. The first-order chi connectivity index (χ1) is 13.4. The van der Waals surface area contributed by atoms with Gasteiger partial charge in [0.15, 0.2) is 0 Å². The molecule has 0 fully saturated rings. The van der Waals surface area contributed by atoms with Gasteiger partial charge < -0.3 is 10.2 Å². The molecule has 2 aliphatic rings. The summed E-state index contributed by atoms with van der Waals surface area (Å²) >= 11 is 5.91. The number of sulfonamides is 1. The van der Waals surface area contributed by atoms with E-state index >= 15 is 0 Å². The number of hydrogen-bond donors (Lipinski definition) is 1. The van der Waals surface area contributed by atoms with E-state index in [2.05, 4.69) is 14.8 Å². The largest absolute Gasteiger partial charge is 0.330 e. The molecule has 0 spiro atoms. The van der Waals surface area contributed by atoms with E-state index < -0.39 is 10.0 Å². The van der Waals surface area contributed by atoms with Crippen molar-refractivity contribution in [1.29, 1.82) is 0 Å². The zero-order valence-corrected chi connectivity index (χ0v) is 16.2. The molecule has 0 aliphatic carbocycles. The molecule has 10 heteroatoms. The first-order valence-electron chi connectivity index (χ1n) is 8.46. The first-order valence-corrected chi connectivity index (χ1v) is 10.5. The van der Waals surface area contributed by atoms with E-state index in [1.54, 1.807) is 46.3 Å². The van der Waals surface area contributed by atoms with E-state index in [9.17, 15) is 13.2 Å². The van der Waals surface area contributed by atoms with Crippen LogP contribution in [-0.2, 0) is 21.4 Å². The fraction of sp³-hybridized carbons (Fsp3) is 0.167. The molecule has 4 rings (SSSR count). The summed E-state index contributed by atoms with van der Waals surface area (Å²) in [5.74, 6) is 0.468. The van der Waals surface area contributed by atoms with Crippen molar-refractivity contribution >= 4 is 39.2 Å². The van der Waals surface area contributed by atoms with Crippen molar-refractivity contribution in [3.63, 3.8) is 0 Å². The van der Waals surface area contributed by atoms with Gasteiger partial charge in [0.25, 0.3) is 15.9 Å². The zero-order chi connectivity index (χ0) is 19.7. The molecule has 1 aromatic carbocycles. The van der Waals surface area contributed by atoms with Crippen molar-refractivity contribution in [3.05, 3.63) is 71.0 Å². The van der Waals surface area contributed by atoms with Crippen LogP contribution < -0.4 is 5.32 Å². The zero-order valence-electron chi connectivity index (χ0n) is 14.6. The lowest BCUT2D eigenvalue weighted by atomic mass is 10.2. The monoisotopic (exact) mass is 417 g/mol. The third-order valence-corrected chi connectivity index (χ3v) is 5.71. The second-order valence-corrected chi connectivity index (χ2v) is 8.49. The number of aromatic nitrogens is 2. The molecule has 1 aromatic heterocycles. The van der Waals surface area contributed by atoms with Crippen molar-refractivity contribution in [2.45, 2.75) is 6.54 Å². The van der Waals surface area contributed by atoms with Gasteiger partial charge >= 0.3 is 0 Å². The SMILES string of the molecule is O=C(Nc1ccnn1Cc1ccc(Cl)cc1)C1=CN2CCS(=O)(=O)N=C2C=C1. The van der Waals surface area contributed by atoms with Crippen LogP contribution in [-0.4, -0.2) is 47.1 Å². The van der Waals surface area contributed by atoms with E-state index in [-0.39, 0.29) is 18.2 Å². The third kappa shape index (κ3) is 4.00. The van der Waals surface area contributed by atoms with Crippen LogP contribution in [0, 0.1) is 0 Å². The summed E-state index contributed by atoms with van der Waals surface area (Å²) in [6, 6.07) is 9.10. The van der Waals surface area contributed by atoms with Gasteiger partial charge in [-0.15, -0.1) is 4.40 Å². The van der Waals surface area contributed by atoms with Crippen molar-refractivity contribution in [1.82, 2.24) is 14.7 Å². The predicted molar refractivity (Wildman–Crippen MR) is 107 cm³/mol. The fourth-order valence-electron chi connectivity index (χ4n) is 2.85. The molecule has 2 aliphatic heterocycles. The van der Waals surface area contributed by atoms with Crippen LogP contribution in [0.2, 0.25) is 5.02 Å². The summed E-state index contributed by atoms with van der Waals surface area (Å²) in [6.07, 6.45) is 6.28. The number of nitrogens with zero attached hydrogens (tertiary/aromatic N) is 4. The van der Waals surface area contributed by atoms with Crippen LogP contribution in [0.1, 0.15) is 5.56 Å². The molecule has 1 N–H and O–H groups in total. The minimum atomic E-state index is -3.42. The first kappa shape index (κ1) is 18.5. The van der Waals surface area contributed by atoms with Crippen LogP contribution in [0.4, 0.5) is 5.82 Å². The Balaban J connectivity index is 1.48. The fourth-order valence-corrected chi connectivity index (χ4v) is 3.95. The summed E-state index contributed by atoms with van der Waals surface area (Å²) < 4.78 is 28.5. The molecule has 8 nitrogen and oxygen atoms in total. The molecule has 0 radical (unpaired) electrons. The Morgan fingerprint density at radius 1 is 1.18 bits per heavy atom. The van der Waals surface area contributed by atoms with Crippen LogP contribution in [0.3, 0.4) is 0 Å². The lowest BCUT2D eigenvalue weighted by molar-refractivity contribution is -0.112. The molecular formula is C18H16ClN5O3S. The number of hydrogen-bond acceptors (Lipinski definition) is 5. The van der Waals surface area contributed by atoms with Crippen molar-refractivity contribution in [3.8, 4) is 0 Å². The molecule has 28 heavy (non-hydrogen) atoms. The highest BCUT2D eigenvalue weighted by Gasteiger charge is 2.25. The van der Waals surface area contributed by atoms with E-state index in [0.717, 1.165) is 5.56 Å². The highest BCUT2D eigenvalue weighted by molar-refractivity contribution is 7.90. The van der Waals surface area contributed by atoms with Crippen LogP contribution in [0.15, 0.2) is 64.9 Å². The number of amides is 1. The third-order valence-electron chi connectivity index (χ3n) is 4.29. The number of carbonyl (C=O) groups excluding carboxylic acids is 1. The number of carbonyl (C=O) groups is 1. The van der Waals surface area contributed by atoms with Gasteiger partial charge in [-0.3, -0.25) is 4.79 Å². The Kier molecular flexibility index (Phi) is 4.78. The molecule has 0 unspecified atom stereocenters.